The van der Waals surface area contributed by atoms with Gasteiger partial charge in [0.1, 0.15) is 30.2 Å². The Morgan fingerprint density at radius 3 is 1.52 bits per heavy atom. The van der Waals surface area contributed by atoms with Crippen LogP contribution in [0.15, 0.2) is 115 Å². The molecule has 7 nitrogen and oxygen atoms in total. The van der Waals surface area contributed by atoms with Crippen LogP contribution in [0.4, 0.5) is 0 Å². The molecule has 4 aromatic rings. The maximum atomic E-state index is 11.2. The fraction of sp³-hybridized carbons (Fsp3) is 0.314. The lowest BCUT2D eigenvalue weighted by atomic mass is 9.98. The second-order valence-corrected chi connectivity index (χ2v) is 10.2. The summed E-state index contributed by atoms with van der Waals surface area (Å²) < 4.78 is 36.8. The van der Waals surface area contributed by atoms with Crippen molar-refractivity contribution in [2.45, 2.75) is 57.1 Å². The topological polar surface area (TPSA) is 75.6 Å². The minimum atomic E-state index is -1.24. The second-order valence-electron chi connectivity index (χ2n) is 10.2. The van der Waals surface area contributed by atoms with Gasteiger partial charge < -0.3 is 33.5 Å². The zero-order valence-electron chi connectivity index (χ0n) is 23.8. The van der Waals surface area contributed by atoms with Crippen molar-refractivity contribution in [2.75, 3.05) is 13.7 Å². The predicted molar refractivity (Wildman–Crippen MR) is 159 cm³/mol. The molecule has 1 aliphatic rings. The van der Waals surface area contributed by atoms with Crippen LogP contribution in [0.2, 0.25) is 0 Å². The first-order chi connectivity index (χ1) is 20.7. The van der Waals surface area contributed by atoms with Gasteiger partial charge in [0, 0.05) is 0 Å². The van der Waals surface area contributed by atoms with Crippen LogP contribution in [0.5, 0.6) is 5.75 Å². The zero-order valence-corrected chi connectivity index (χ0v) is 23.8. The van der Waals surface area contributed by atoms with Gasteiger partial charge in [-0.3, -0.25) is 0 Å². The molecule has 0 unspecified atom stereocenters. The molecule has 4 aromatic carbocycles. The van der Waals surface area contributed by atoms with Gasteiger partial charge in [0.15, 0.2) is 6.29 Å². The molecule has 0 spiro atoms. The highest BCUT2D eigenvalue weighted by Crippen LogP contribution is 2.30. The molecule has 0 saturated carbocycles. The lowest BCUT2D eigenvalue weighted by Crippen LogP contribution is -2.61. The molecule has 5 rings (SSSR count). The van der Waals surface area contributed by atoms with Crippen molar-refractivity contribution in [3.05, 3.63) is 138 Å². The summed E-state index contributed by atoms with van der Waals surface area (Å²) in [6.07, 6.45) is -3.85. The van der Waals surface area contributed by atoms with Crippen LogP contribution in [0, 0.1) is 0 Å². The Morgan fingerprint density at radius 1 is 0.548 bits per heavy atom. The lowest BCUT2D eigenvalue weighted by Gasteiger charge is -2.44. The minimum Gasteiger partial charge on any atom is -0.497 e. The Labute approximate surface area is 247 Å². The summed E-state index contributed by atoms with van der Waals surface area (Å²) in [7, 11) is 1.64. The Bertz CT molecular complexity index is 1300. The van der Waals surface area contributed by atoms with E-state index in [0.29, 0.717) is 19.8 Å². The molecular weight excluding hydrogens is 532 g/mol. The van der Waals surface area contributed by atoms with Crippen molar-refractivity contribution in [1.82, 2.24) is 0 Å². The molecule has 0 bridgehead atoms. The Morgan fingerprint density at radius 2 is 1.00 bits per heavy atom. The van der Waals surface area contributed by atoms with Gasteiger partial charge in [-0.05, 0) is 34.4 Å². The first kappa shape index (κ1) is 29.9. The van der Waals surface area contributed by atoms with E-state index in [0.717, 1.165) is 28.0 Å². The SMILES string of the molecule is COc1ccc(CO[C@H]2[C@H](OCc3ccccc3)[C@@H](OCc3ccccc3)[C@H](O)O[C@@H]2COCc2ccccc2)cc1. The number of aliphatic hydroxyl groups is 1. The lowest BCUT2D eigenvalue weighted by molar-refractivity contribution is -0.317. The summed E-state index contributed by atoms with van der Waals surface area (Å²) in [6, 6.07) is 37.4. The van der Waals surface area contributed by atoms with Gasteiger partial charge in [0.25, 0.3) is 0 Å². The van der Waals surface area contributed by atoms with Gasteiger partial charge in [-0.15, -0.1) is 0 Å². The number of rotatable bonds is 14. The van der Waals surface area contributed by atoms with E-state index in [1.54, 1.807) is 7.11 Å². The van der Waals surface area contributed by atoms with Crippen molar-refractivity contribution < 1.29 is 33.5 Å². The molecule has 1 fully saturated rings. The predicted octanol–water partition coefficient (Wildman–Crippen LogP) is 5.69. The number of aliphatic hydroxyl groups excluding tert-OH is 1. The van der Waals surface area contributed by atoms with E-state index >= 15 is 0 Å². The van der Waals surface area contributed by atoms with Gasteiger partial charge in [-0.2, -0.15) is 0 Å². The van der Waals surface area contributed by atoms with Gasteiger partial charge in [-0.1, -0.05) is 103 Å². The van der Waals surface area contributed by atoms with Crippen LogP contribution in [0.1, 0.15) is 22.3 Å². The van der Waals surface area contributed by atoms with Crippen molar-refractivity contribution in [3.8, 4) is 5.75 Å². The summed E-state index contributed by atoms with van der Waals surface area (Å²) >= 11 is 0. The van der Waals surface area contributed by atoms with E-state index in [1.165, 1.54) is 0 Å². The standard InChI is InChI=1S/C35H38O7/c1-37-30-19-17-29(18-20-30)24-39-32-31(25-38-21-26-11-5-2-6-12-26)42-35(36)34(41-23-28-15-9-4-10-16-28)33(32)40-22-27-13-7-3-8-14-27/h2-20,31-36H,21-25H2,1H3/t31-,32-,33+,34-,35-/m1/s1. The normalized spacial score (nSPS) is 22.1. The highest BCUT2D eigenvalue weighted by molar-refractivity contribution is 5.26. The molecule has 0 aromatic heterocycles. The Balaban J connectivity index is 1.36. The van der Waals surface area contributed by atoms with Gasteiger partial charge in [0.05, 0.1) is 40.1 Å². The number of ether oxygens (including phenoxy) is 6. The molecule has 1 saturated heterocycles. The number of hydrogen-bond acceptors (Lipinski definition) is 7. The van der Waals surface area contributed by atoms with E-state index in [4.69, 9.17) is 28.4 Å². The highest BCUT2D eigenvalue weighted by Gasteiger charge is 2.48. The van der Waals surface area contributed by atoms with E-state index in [1.807, 2.05) is 115 Å². The molecule has 42 heavy (non-hydrogen) atoms. The summed E-state index contributed by atoms with van der Waals surface area (Å²) in [5, 5.41) is 11.2. The third kappa shape index (κ3) is 8.49. The van der Waals surface area contributed by atoms with Crippen molar-refractivity contribution in [1.29, 1.82) is 0 Å². The maximum absolute atomic E-state index is 11.2. The number of hydrogen-bond donors (Lipinski definition) is 1. The summed E-state index contributed by atoms with van der Waals surface area (Å²) in [5.74, 6) is 0.772. The first-order valence-corrected chi connectivity index (χ1v) is 14.2. The molecule has 1 heterocycles. The first-order valence-electron chi connectivity index (χ1n) is 14.2. The van der Waals surface area contributed by atoms with Gasteiger partial charge in [0.2, 0.25) is 0 Å². The molecule has 1 N–H and O–H groups in total. The van der Waals surface area contributed by atoms with E-state index in [2.05, 4.69) is 0 Å². The monoisotopic (exact) mass is 570 g/mol. The van der Waals surface area contributed by atoms with Gasteiger partial charge in [-0.25, -0.2) is 0 Å². The number of methoxy groups -OCH3 is 1. The smallest absolute Gasteiger partial charge is 0.184 e. The third-order valence-electron chi connectivity index (χ3n) is 7.18. The van der Waals surface area contributed by atoms with Crippen molar-refractivity contribution in [3.63, 3.8) is 0 Å². The largest absolute Gasteiger partial charge is 0.497 e. The van der Waals surface area contributed by atoms with E-state index in [9.17, 15) is 5.11 Å². The fourth-order valence-corrected chi connectivity index (χ4v) is 4.91. The van der Waals surface area contributed by atoms with E-state index < -0.39 is 30.7 Å². The molecule has 220 valence electrons. The summed E-state index contributed by atoms with van der Waals surface area (Å²) in [5.41, 5.74) is 4.00. The summed E-state index contributed by atoms with van der Waals surface area (Å²) in [6.45, 7) is 1.53. The Kier molecular flexibility index (Phi) is 11.1. The summed E-state index contributed by atoms with van der Waals surface area (Å²) in [4.78, 5) is 0. The molecule has 1 aliphatic heterocycles. The molecular formula is C35H38O7. The van der Waals surface area contributed by atoms with Crippen LogP contribution in [0.3, 0.4) is 0 Å². The average Bonchev–Trinajstić information content (AvgIpc) is 3.04. The zero-order chi connectivity index (χ0) is 29.0. The molecule has 0 amide bonds. The van der Waals surface area contributed by atoms with Crippen LogP contribution < -0.4 is 4.74 Å². The second kappa shape index (κ2) is 15.6. The Hall–Kier alpha value is -3.56. The van der Waals surface area contributed by atoms with Crippen LogP contribution in [0.25, 0.3) is 0 Å². The quantitative estimate of drug-likeness (QED) is 0.209. The molecule has 5 atom stereocenters. The minimum absolute atomic E-state index is 0.204. The molecule has 7 heteroatoms. The third-order valence-corrected chi connectivity index (χ3v) is 7.18. The highest BCUT2D eigenvalue weighted by atomic mass is 16.7. The van der Waals surface area contributed by atoms with E-state index in [-0.39, 0.29) is 13.2 Å². The molecule has 0 radical (unpaired) electrons. The maximum Gasteiger partial charge on any atom is 0.184 e. The van der Waals surface area contributed by atoms with Crippen molar-refractivity contribution in [2.24, 2.45) is 0 Å². The van der Waals surface area contributed by atoms with Crippen LogP contribution >= 0.6 is 0 Å². The van der Waals surface area contributed by atoms with Crippen LogP contribution in [-0.4, -0.2) is 49.5 Å². The molecule has 0 aliphatic carbocycles. The van der Waals surface area contributed by atoms with Gasteiger partial charge >= 0.3 is 0 Å². The fourth-order valence-electron chi connectivity index (χ4n) is 4.91. The average molecular weight is 571 g/mol. The number of benzene rings is 4. The van der Waals surface area contributed by atoms with Crippen LogP contribution in [-0.2, 0) is 50.1 Å². The van der Waals surface area contributed by atoms with Crippen molar-refractivity contribution >= 4 is 0 Å².